The average Bonchev–Trinajstić information content (AvgIpc) is 2.30. The van der Waals surface area contributed by atoms with Gasteiger partial charge in [-0.15, -0.1) is 0 Å². The molecular formula is C10H13NO5. The van der Waals surface area contributed by atoms with Crippen LogP contribution in [0.2, 0.25) is 0 Å². The Labute approximate surface area is 92.2 Å². The third-order valence-corrected chi connectivity index (χ3v) is 2.31. The second kappa shape index (κ2) is 5.43. The number of hydrogen-bond acceptors (Lipinski definition) is 5. The zero-order valence-electron chi connectivity index (χ0n) is 8.79. The molecule has 2 N–H and O–H groups in total. The highest BCUT2D eigenvalue weighted by molar-refractivity contribution is 5.47. The summed E-state index contributed by atoms with van der Waals surface area (Å²) in [4.78, 5) is 10.2. The molecule has 0 bridgehead atoms. The van der Waals surface area contributed by atoms with Crippen LogP contribution in [0.25, 0.3) is 0 Å². The van der Waals surface area contributed by atoms with Crippen molar-refractivity contribution in [1.82, 2.24) is 0 Å². The fraction of sp³-hybridized carbons (Fsp3) is 0.400. The molecule has 0 saturated carbocycles. The Morgan fingerprint density at radius 1 is 1.44 bits per heavy atom. The minimum atomic E-state index is -0.671. The topological polar surface area (TPSA) is 92.8 Å². The van der Waals surface area contributed by atoms with E-state index in [2.05, 4.69) is 0 Å². The molecule has 0 spiro atoms. The molecule has 0 atom stereocenters. The molecule has 0 aliphatic rings. The summed E-state index contributed by atoms with van der Waals surface area (Å²) in [5.74, 6) is -0.219. The molecule has 1 aromatic carbocycles. The number of benzene rings is 1. The highest BCUT2D eigenvalue weighted by Gasteiger charge is 2.21. The Balaban J connectivity index is 3.24. The second-order valence-corrected chi connectivity index (χ2v) is 3.24. The Kier molecular flexibility index (Phi) is 4.21. The van der Waals surface area contributed by atoms with E-state index in [1.54, 1.807) is 0 Å². The Morgan fingerprint density at radius 3 is 2.50 bits per heavy atom. The van der Waals surface area contributed by atoms with E-state index in [9.17, 15) is 10.1 Å². The molecule has 88 valence electrons. The molecule has 0 aliphatic carbocycles. The highest BCUT2D eigenvalue weighted by atomic mass is 16.6. The number of aliphatic hydroxyl groups excluding tert-OH is 2. The summed E-state index contributed by atoms with van der Waals surface area (Å²) in [7, 11) is 1.44. The van der Waals surface area contributed by atoms with Crippen LogP contribution in [-0.4, -0.2) is 35.5 Å². The van der Waals surface area contributed by atoms with Crippen LogP contribution in [-0.2, 0) is 0 Å². The van der Waals surface area contributed by atoms with E-state index >= 15 is 0 Å². The summed E-state index contributed by atoms with van der Waals surface area (Å²) in [6, 6.07) is 4.22. The lowest BCUT2D eigenvalue weighted by Gasteiger charge is -2.12. The minimum absolute atomic E-state index is 0.131. The Bertz CT molecular complexity index is 375. The van der Waals surface area contributed by atoms with Gasteiger partial charge < -0.3 is 14.9 Å². The van der Waals surface area contributed by atoms with Crippen LogP contribution >= 0.6 is 0 Å². The first kappa shape index (κ1) is 12.4. The van der Waals surface area contributed by atoms with Crippen LogP contribution in [0.4, 0.5) is 5.69 Å². The molecule has 0 aliphatic heterocycles. The van der Waals surface area contributed by atoms with Crippen molar-refractivity contribution in [3.8, 4) is 5.75 Å². The second-order valence-electron chi connectivity index (χ2n) is 3.24. The fourth-order valence-corrected chi connectivity index (χ4v) is 1.41. The smallest absolute Gasteiger partial charge is 0.273 e. The molecule has 16 heavy (non-hydrogen) atoms. The fourth-order valence-electron chi connectivity index (χ4n) is 1.41. The van der Waals surface area contributed by atoms with Crippen LogP contribution in [0.5, 0.6) is 5.75 Å². The maximum absolute atomic E-state index is 10.8. The first-order valence-corrected chi connectivity index (χ1v) is 4.68. The molecule has 6 heteroatoms. The van der Waals surface area contributed by atoms with E-state index < -0.39 is 10.8 Å². The monoisotopic (exact) mass is 227 g/mol. The number of nitro benzene ring substituents is 1. The molecule has 0 fully saturated rings. The molecule has 0 radical (unpaired) electrons. The van der Waals surface area contributed by atoms with Gasteiger partial charge in [-0.05, 0) is 12.1 Å². The zero-order valence-corrected chi connectivity index (χ0v) is 8.79. The molecule has 0 saturated heterocycles. The molecule has 1 aromatic rings. The normalized spacial score (nSPS) is 10.5. The van der Waals surface area contributed by atoms with Crippen LogP contribution in [0.15, 0.2) is 18.2 Å². The largest absolute Gasteiger partial charge is 0.497 e. The van der Waals surface area contributed by atoms with Crippen molar-refractivity contribution in [2.45, 2.75) is 5.92 Å². The Hall–Kier alpha value is -1.66. The van der Waals surface area contributed by atoms with Gasteiger partial charge in [0.1, 0.15) is 5.75 Å². The molecule has 6 nitrogen and oxygen atoms in total. The van der Waals surface area contributed by atoms with Gasteiger partial charge in [0, 0.05) is 17.5 Å². The third-order valence-electron chi connectivity index (χ3n) is 2.31. The first-order valence-electron chi connectivity index (χ1n) is 4.68. The molecule has 0 heterocycles. The number of aliphatic hydroxyl groups is 2. The van der Waals surface area contributed by atoms with Gasteiger partial charge in [0.2, 0.25) is 0 Å². The number of nitrogens with zero attached hydrogens (tertiary/aromatic N) is 1. The van der Waals surface area contributed by atoms with Crippen LogP contribution < -0.4 is 4.74 Å². The quantitative estimate of drug-likeness (QED) is 0.569. The number of nitro groups is 1. The number of rotatable bonds is 5. The van der Waals surface area contributed by atoms with E-state index in [1.807, 2.05) is 0 Å². The van der Waals surface area contributed by atoms with Gasteiger partial charge in [-0.25, -0.2) is 0 Å². The minimum Gasteiger partial charge on any atom is -0.497 e. The lowest BCUT2D eigenvalue weighted by Crippen LogP contribution is -2.11. The summed E-state index contributed by atoms with van der Waals surface area (Å²) in [6.45, 7) is -0.713. The van der Waals surface area contributed by atoms with Gasteiger partial charge in [-0.2, -0.15) is 0 Å². The van der Waals surface area contributed by atoms with Gasteiger partial charge in [-0.1, -0.05) is 0 Å². The Morgan fingerprint density at radius 2 is 2.06 bits per heavy atom. The summed E-state index contributed by atoms with van der Waals surface area (Å²) >= 11 is 0. The lowest BCUT2D eigenvalue weighted by atomic mass is 9.99. The molecule has 0 amide bonds. The highest BCUT2D eigenvalue weighted by Crippen LogP contribution is 2.30. The van der Waals surface area contributed by atoms with Crippen molar-refractivity contribution >= 4 is 5.69 Å². The summed E-state index contributed by atoms with van der Waals surface area (Å²) < 4.78 is 4.94. The predicted molar refractivity (Wildman–Crippen MR) is 56.6 cm³/mol. The number of ether oxygens (including phenoxy) is 1. The summed E-state index contributed by atoms with van der Waals surface area (Å²) in [5, 5.41) is 28.8. The van der Waals surface area contributed by atoms with Crippen LogP contribution in [0.1, 0.15) is 11.5 Å². The standard InChI is InChI=1S/C10H13NO5/c1-16-8-2-3-10(11(14)15)9(4-8)7(5-12)6-13/h2-4,7,12-13H,5-6H2,1H3. The maximum Gasteiger partial charge on any atom is 0.273 e. The number of hydrogen-bond donors (Lipinski definition) is 2. The van der Waals surface area contributed by atoms with Crippen molar-refractivity contribution in [3.05, 3.63) is 33.9 Å². The van der Waals surface area contributed by atoms with E-state index in [1.165, 1.54) is 25.3 Å². The SMILES string of the molecule is COc1ccc([N+](=O)[O-])c(C(CO)CO)c1. The summed E-state index contributed by atoms with van der Waals surface area (Å²) in [5.41, 5.74) is 0.142. The number of methoxy groups -OCH3 is 1. The van der Waals surface area contributed by atoms with Crippen molar-refractivity contribution < 1.29 is 19.9 Å². The van der Waals surface area contributed by atoms with Gasteiger partial charge >= 0.3 is 0 Å². The average molecular weight is 227 g/mol. The van der Waals surface area contributed by atoms with Gasteiger partial charge in [0.15, 0.2) is 0 Å². The van der Waals surface area contributed by atoms with Crippen molar-refractivity contribution in [2.75, 3.05) is 20.3 Å². The predicted octanol–water partition coefficient (Wildman–Crippen LogP) is 0.672. The van der Waals surface area contributed by atoms with Crippen molar-refractivity contribution in [1.29, 1.82) is 0 Å². The van der Waals surface area contributed by atoms with Crippen molar-refractivity contribution in [3.63, 3.8) is 0 Å². The van der Waals surface area contributed by atoms with E-state index in [0.29, 0.717) is 5.75 Å². The van der Waals surface area contributed by atoms with Gasteiger partial charge in [-0.3, -0.25) is 10.1 Å². The maximum atomic E-state index is 10.8. The zero-order chi connectivity index (χ0) is 12.1. The van der Waals surface area contributed by atoms with Crippen LogP contribution in [0.3, 0.4) is 0 Å². The van der Waals surface area contributed by atoms with E-state index in [0.717, 1.165) is 0 Å². The third kappa shape index (κ3) is 2.47. The van der Waals surface area contributed by atoms with Gasteiger partial charge in [0.25, 0.3) is 5.69 Å². The molecular weight excluding hydrogens is 214 g/mol. The summed E-state index contributed by atoms with van der Waals surface area (Å²) in [6.07, 6.45) is 0. The molecule has 0 unspecified atom stereocenters. The first-order chi connectivity index (χ1) is 7.63. The lowest BCUT2D eigenvalue weighted by molar-refractivity contribution is -0.385. The molecule has 1 rings (SSSR count). The van der Waals surface area contributed by atoms with Gasteiger partial charge in [0.05, 0.1) is 25.2 Å². The van der Waals surface area contributed by atoms with Crippen LogP contribution in [0, 0.1) is 10.1 Å². The van der Waals surface area contributed by atoms with Crippen molar-refractivity contribution in [2.24, 2.45) is 0 Å². The van der Waals surface area contributed by atoms with E-state index in [-0.39, 0.29) is 24.5 Å². The van der Waals surface area contributed by atoms with E-state index in [4.69, 9.17) is 14.9 Å². The molecule has 0 aromatic heterocycles.